The molecule has 2 aromatic rings. The number of rotatable bonds is 5. The molecule has 1 heterocycles. The largest absolute Gasteiger partial charge is 0.481 e. The van der Waals surface area contributed by atoms with Gasteiger partial charge in [0.2, 0.25) is 5.91 Å². The Morgan fingerprint density at radius 1 is 1.04 bits per heavy atom. The lowest BCUT2D eigenvalue weighted by Crippen LogP contribution is -2.42. The summed E-state index contributed by atoms with van der Waals surface area (Å²) in [5.74, 6) is -3.31. The average molecular weight is 391 g/mol. The second-order valence-electron chi connectivity index (χ2n) is 6.42. The molecule has 0 radical (unpaired) electrons. The van der Waals surface area contributed by atoms with Crippen molar-refractivity contribution in [3.05, 3.63) is 65.7 Å². The van der Waals surface area contributed by atoms with Crippen molar-refractivity contribution in [2.75, 3.05) is 13.1 Å². The number of carboxylic acids is 1. The highest BCUT2D eigenvalue weighted by atomic mass is 32.2. The Balaban J connectivity index is 1.81. The average Bonchev–Trinajstić information content (AvgIpc) is 2.69. The van der Waals surface area contributed by atoms with Crippen LogP contribution in [0.5, 0.6) is 0 Å². The van der Waals surface area contributed by atoms with Crippen LogP contribution in [0, 0.1) is 17.6 Å². The molecule has 0 spiro atoms. The molecular weight excluding hydrogens is 372 g/mol. The Morgan fingerprint density at radius 3 is 2.30 bits per heavy atom. The second-order valence-corrected chi connectivity index (χ2v) is 7.60. The van der Waals surface area contributed by atoms with Gasteiger partial charge in [0.15, 0.2) is 11.6 Å². The Hall–Kier alpha value is -2.41. The van der Waals surface area contributed by atoms with Crippen molar-refractivity contribution in [3.8, 4) is 0 Å². The van der Waals surface area contributed by atoms with E-state index in [4.69, 9.17) is 5.11 Å². The van der Waals surface area contributed by atoms with E-state index in [2.05, 4.69) is 0 Å². The van der Waals surface area contributed by atoms with Crippen LogP contribution in [0.2, 0.25) is 0 Å². The number of piperidine rings is 1. The van der Waals surface area contributed by atoms with Crippen molar-refractivity contribution in [2.45, 2.75) is 23.0 Å². The van der Waals surface area contributed by atoms with Gasteiger partial charge >= 0.3 is 5.97 Å². The minimum Gasteiger partial charge on any atom is -0.481 e. The van der Waals surface area contributed by atoms with Crippen molar-refractivity contribution >= 4 is 23.6 Å². The maximum absolute atomic E-state index is 13.6. The molecule has 2 aromatic carbocycles. The molecule has 1 aliphatic rings. The number of carbonyl (C=O) groups is 2. The van der Waals surface area contributed by atoms with E-state index >= 15 is 0 Å². The van der Waals surface area contributed by atoms with Gasteiger partial charge in [-0.3, -0.25) is 9.59 Å². The fourth-order valence-corrected chi connectivity index (χ4v) is 4.22. The van der Waals surface area contributed by atoms with Gasteiger partial charge in [0.25, 0.3) is 0 Å². The summed E-state index contributed by atoms with van der Waals surface area (Å²) in [5.41, 5.74) is 0.762. The van der Waals surface area contributed by atoms with Gasteiger partial charge in [-0.2, -0.15) is 0 Å². The van der Waals surface area contributed by atoms with Crippen LogP contribution >= 0.6 is 11.8 Å². The molecule has 0 aliphatic carbocycles. The van der Waals surface area contributed by atoms with Crippen molar-refractivity contribution in [3.63, 3.8) is 0 Å². The van der Waals surface area contributed by atoms with E-state index in [1.54, 1.807) is 4.90 Å². The first kappa shape index (κ1) is 19.4. The van der Waals surface area contributed by atoms with Gasteiger partial charge in [0.05, 0.1) is 5.92 Å². The maximum atomic E-state index is 13.6. The standard InChI is InChI=1S/C20H19F2NO3S/c21-16-7-6-15(12-17(16)22)27-18(13-4-2-1-3-5-13)19(24)23-10-8-14(9-11-23)20(25)26/h1-7,12,14,18H,8-11H2,(H,25,26). The summed E-state index contributed by atoms with van der Waals surface area (Å²) in [4.78, 5) is 26.3. The van der Waals surface area contributed by atoms with Crippen molar-refractivity contribution in [2.24, 2.45) is 5.92 Å². The van der Waals surface area contributed by atoms with E-state index in [-0.39, 0.29) is 5.91 Å². The Labute approximate surface area is 160 Å². The molecule has 1 saturated heterocycles. The first-order valence-corrected chi connectivity index (χ1v) is 9.52. The first-order valence-electron chi connectivity index (χ1n) is 8.64. The third-order valence-electron chi connectivity index (χ3n) is 4.63. The number of hydrogen-bond donors (Lipinski definition) is 1. The predicted molar refractivity (Wildman–Crippen MR) is 98.3 cm³/mol. The van der Waals surface area contributed by atoms with E-state index in [9.17, 15) is 18.4 Å². The van der Waals surface area contributed by atoms with E-state index in [1.165, 1.54) is 6.07 Å². The van der Waals surface area contributed by atoms with E-state index < -0.39 is 28.8 Å². The number of thioether (sulfide) groups is 1. The summed E-state index contributed by atoms with van der Waals surface area (Å²) in [5, 5.41) is 8.51. The third-order valence-corrected chi connectivity index (χ3v) is 5.86. The molecule has 0 bridgehead atoms. The molecule has 1 amide bonds. The molecule has 1 N–H and O–H groups in total. The predicted octanol–water partition coefficient (Wildman–Crippen LogP) is 4.12. The minimum atomic E-state index is -0.957. The van der Waals surface area contributed by atoms with Crippen LogP contribution in [0.1, 0.15) is 23.7 Å². The molecule has 7 heteroatoms. The fraction of sp³-hybridized carbons (Fsp3) is 0.300. The summed E-state index contributed by atoms with van der Waals surface area (Å²) in [6.07, 6.45) is 0.830. The molecule has 27 heavy (non-hydrogen) atoms. The van der Waals surface area contributed by atoms with Crippen molar-refractivity contribution < 1.29 is 23.5 Å². The summed E-state index contributed by atoms with van der Waals surface area (Å²) in [6, 6.07) is 12.7. The number of likely N-dealkylation sites (tertiary alicyclic amines) is 1. The number of carboxylic acid groups (broad SMARTS) is 1. The van der Waals surface area contributed by atoms with Crippen molar-refractivity contribution in [1.82, 2.24) is 4.90 Å². The van der Waals surface area contributed by atoms with Crippen LogP contribution in [-0.2, 0) is 9.59 Å². The Bertz CT molecular complexity index is 823. The lowest BCUT2D eigenvalue weighted by Gasteiger charge is -2.32. The summed E-state index contributed by atoms with van der Waals surface area (Å²) in [7, 11) is 0. The van der Waals surface area contributed by atoms with Gasteiger partial charge in [-0.1, -0.05) is 30.3 Å². The zero-order chi connectivity index (χ0) is 19.4. The van der Waals surface area contributed by atoms with Crippen LogP contribution in [0.3, 0.4) is 0 Å². The highest BCUT2D eigenvalue weighted by Crippen LogP contribution is 2.38. The van der Waals surface area contributed by atoms with Crippen LogP contribution in [0.4, 0.5) is 8.78 Å². The SMILES string of the molecule is O=C(O)C1CCN(C(=O)C(Sc2ccc(F)c(F)c2)c2ccccc2)CC1. The first-order chi connectivity index (χ1) is 13.0. The van der Waals surface area contributed by atoms with Gasteiger partial charge in [-0.15, -0.1) is 11.8 Å². The molecule has 0 saturated carbocycles. The van der Waals surface area contributed by atoms with Gasteiger partial charge < -0.3 is 10.0 Å². The molecular formula is C20H19F2NO3S. The summed E-state index contributed by atoms with van der Waals surface area (Å²) < 4.78 is 26.8. The van der Waals surface area contributed by atoms with Gasteiger partial charge in [-0.25, -0.2) is 8.78 Å². The van der Waals surface area contributed by atoms with Gasteiger partial charge in [-0.05, 0) is 36.6 Å². The molecule has 0 aromatic heterocycles. The molecule has 3 rings (SSSR count). The summed E-state index contributed by atoms with van der Waals surface area (Å²) in [6.45, 7) is 0.745. The lowest BCUT2D eigenvalue weighted by atomic mass is 9.96. The number of halogens is 2. The molecule has 1 aliphatic heterocycles. The highest BCUT2D eigenvalue weighted by molar-refractivity contribution is 8.00. The second kappa shape index (κ2) is 8.52. The topological polar surface area (TPSA) is 57.6 Å². The third kappa shape index (κ3) is 4.66. The van der Waals surface area contributed by atoms with E-state index in [0.717, 1.165) is 29.5 Å². The fourth-order valence-electron chi connectivity index (χ4n) is 3.09. The highest BCUT2D eigenvalue weighted by Gasteiger charge is 2.32. The number of benzene rings is 2. The summed E-state index contributed by atoms with van der Waals surface area (Å²) >= 11 is 1.16. The van der Waals surface area contributed by atoms with Gasteiger partial charge in [0.1, 0.15) is 5.25 Å². The van der Waals surface area contributed by atoms with Crippen LogP contribution < -0.4 is 0 Å². The van der Waals surface area contributed by atoms with Crippen LogP contribution in [-0.4, -0.2) is 35.0 Å². The Morgan fingerprint density at radius 2 is 1.70 bits per heavy atom. The van der Waals surface area contributed by atoms with Crippen LogP contribution in [0.15, 0.2) is 53.4 Å². The zero-order valence-corrected chi connectivity index (χ0v) is 15.3. The minimum absolute atomic E-state index is 0.153. The molecule has 1 atom stereocenters. The maximum Gasteiger partial charge on any atom is 0.306 e. The van der Waals surface area contributed by atoms with E-state index in [0.29, 0.717) is 30.8 Å². The number of carbonyl (C=O) groups excluding carboxylic acids is 1. The monoisotopic (exact) mass is 391 g/mol. The van der Waals surface area contributed by atoms with Crippen molar-refractivity contribution in [1.29, 1.82) is 0 Å². The van der Waals surface area contributed by atoms with Crippen LogP contribution in [0.25, 0.3) is 0 Å². The Kier molecular flexibility index (Phi) is 6.11. The van der Waals surface area contributed by atoms with Gasteiger partial charge in [0, 0.05) is 18.0 Å². The normalized spacial score (nSPS) is 16.1. The molecule has 142 valence electrons. The molecule has 4 nitrogen and oxygen atoms in total. The quantitative estimate of drug-likeness (QED) is 0.779. The number of nitrogens with zero attached hydrogens (tertiary/aromatic N) is 1. The smallest absolute Gasteiger partial charge is 0.306 e. The molecule has 1 fully saturated rings. The number of amides is 1. The van der Waals surface area contributed by atoms with E-state index in [1.807, 2.05) is 30.3 Å². The number of hydrogen-bond acceptors (Lipinski definition) is 3. The zero-order valence-electron chi connectivity index (χ0n) is 14.5. The lowest BCUT2D eigenvalue weighted by molar-refractivity contribution is -0.145. The molecule has 1 unspecified atom stereocenters. The number of aliphatic carboxylic acids is 1.